The lowest BCUT2D eigenvalue weighted by Gasteiger charge is -2.30. The van der Waals surface area contributed by atoms with Crippen LogP contribution in [0, 0.1) is 16.0 Å². The Morgan fingerprint density at radius 3 is 2.56 bits per heavy atom. The number of unbranched alkanes of at least 4 members (excludes halogenated alkanes) is 1. The summed E-state index contributed by atoms with van der Waals surface area (Å²) >= 11 is 0. The number of carbonyl (C=O) groups is 2. The Bertz CT molecular complexity index is 771. The summed E-state index contributed by atoms with van der Waals surface area (Å²) in [6.07, 6.45) is 3.79. The highest BCUT2D eigenvalue weighted by molar-refractivity contribution is 6.08. The molecule has 7 heteroatoms. The van der Waals surface area contributed by atoms with E-state index in [1.165, 1.54) is 30.0 Å². The van der Waals surface area contributed by atoms with E-state index in [2.05, 4.69) is 6.92 Å². The van der Waals surface area contributed by atoms with Crippen molar-refractivity contribution in [2.24, 2.45) is 5.92 Å². The van der Waals surface area contributed by atoms with Gasteiger partial charge >= 0.3 is 0 Å². The van der Waals surface area contributed by atoms with E-state index >= 15 is 0 Å². The van der Waals surface area contributed by atoms with Crippen molar-refractivity contribution in [1.29, 1.82) is 0 Å². The van der Waals surface area contributed by atoms with E-state index < -0.39 is 28.4 Å². The highest BCUT2D eigenvalue weighted by atomic mass is 16.6. The van der Waals surface area contributed by atoms with Crippen molar-refractivity contribution in [2.75, 3.05) is 6.54 Å². The molecule has 1 aromatic carbocycles. The minimum Gasteiger partial charge on any atom is -0.503 e. The highest BCUT2D eigenvalue weighted by Gasteiger charge is 2.45. The number of ketones is 1. The lowest BCUT2D eigenvalue weighted by Crippen LogP contribution is -2.35. The van der Waals surface area contributed by atoms with Crippen LogP contribution in [0.5, 0.6) is 0 Å². The Hall–Kier alpha value is -2.70. The molecule has 0 bridgehead atoms. The lowest BCUT2D eigenvalue weighted by atomic mass is 9.93. The van der Waals surface area contributed by atoms with Gasteiger partial charge in [-0.05, 0) is 25.3 Å². The second-order valence-corrected chi connectivity index (χ2v) is 6.91. The molecule has 1 amide bonds. The highest BCUT2D eigenvalue weighted by Crippen LogP contribution is 2.41. The zero-order chi connectivity index (χ0) is 20.1. The Morgan fingerprint density at radius 2 is 2.00 bits per heavy atom. The summed E-state index contributed by atoms with van der Waals surface area (Å²) in [4.78, 5) is 37.2. The zero-order valence-electron chi connectivity index (χ0n) is 16.0. The molecule has 2 atom stereocenters. The molecule has 7 nitrogen and oxygen atoms in total. The van der Waals surface area contributed by atoms with Crippen LogP contribution >= 0.6 is 0 Å². The summed E-state index contributed by atoms with van der Waals surface area (Å²) in [6, 6.07) is 5.12. The number of Topliss-reactive ketones (excluding diaryl/α,β-unsaturated/α-hetero) is 1. The minimum absolute atomic E-state index is 0.0698. The molecule has 0 aromatic heterocycles. The predicted octanol–water partition coefficient (Wildman–Crippen LogP) is 4.10. The van der Waals surface area contributed by atoms with Crippen LogP contribution in [0.25, 0.3) is 0 Å². The molecule has 0 aliphatic carbocycles. The van der Waals surface area contributed by atoms with Crippen LogP contribution in [0.4, 0.5) is 5.69 Å². The van der Waals surface area contributed by atoms with Gasteiger partial charge in [0.2, 0.25) is 0 Å². The molecular weight excluding hydrogens is 348 g/mol. The number of aliphatic hydroxyl groups excluding tert-OH is 1. The standard InChI is InChI=1S/C20H26N2O5/c1-4-6-9-14(5-2)12-21-18(17(13(3)23)19(24)20(21)25)15-10-7-8-11-16(15)22(26)27/h7-8,10-11,14,18,24H,4-6,9,12H2,1-3H3/t14-,18+/m0/s1. The van der Waals surface area contributed by atoms with Crippen LogP contribution in [0.2, 0.25) is 0 Å². The molecule has 0 unspecified atom stereocenters. The number of benzene rings is 1. The molecule has 146 valence electrons. The maximum atomic E-state index is 12.7. The molecule has 1 aliphatic heterocycles. The summed E-state index contributed by atoms with van der Waals surface area (Å²) in [5.41, 5.74) is 0.00504. The van der Waals surface area contributed by atoms with E-state index in [-0.39, 0.29) is 22.7 Å². The first-order valence-electron chi connectivity index (χ1n) is 9.31. The molecular formula is C20H26N2O5. The number of nitro groups is 1. The molecule has 1 aliphatic rings. The van der Waals surface area contributed by atoms with Gasteiger partial charge in [-0.3, -0.25) is 19.7 Å². The van der Waals surface area contributed by atoms with Crippen molar-refractivity contribution in [3.63, 3.8) is 0 Å². The number of nitro benzene ring substituents is 1. The van der Waals surface area contributed by atoms with Crippen LogP contribution in [0.15, 0.2) is 35.6 Å². The number of nitrogens with zero attached hydrogens (tertiary/aromatic N) is 2. The molecule has 0 saturated heterocycles. The van der Waals surface area contributed by atoms with E-state index in [0.29, 0.717) is 6.54 Å². The number of hydrogen-bond donors (Lipinski definition) is 1. The molecule has 2 rings (SSSR count). The molecule has 1 aromatic rings. The van der Waals surface area contributed by atoms with E-state index in [9.17, 15) is 24.8 Å². The molecule has 0 fully saturated rings. The first-order chi connectivity index (χ1) is 12.8. The Labute approximate surface area is 158 Å². The van der Waals surface area contributed by atoms with E-state index in [1.54, 1.807) is 6.07 Å². The van der Waals surface area contributed by atoms with Crippen LogP contribution in [0.1, 0.15) is 58.1 Å². The second-order valence-electron chi connectivity index (χ2n) is 6.91. The van der Waals surface area contributed by atoms with Gasteiger partial charge in [-0.2, -0.15) is 0 Å². The summed E-state index contributed by atoms with van der Waals surface area (Å²) in [5.74, 6) is -1.51. The normalized spacial score (nSPS) is 18.1. The van der Waals surface area contributed by atoms with Crippen molar-refractivity contribution >= 4 is 17.4 Å². The Balaban J connectivity index is 2.51. The molecule has 0 spiro atoms. The quantitative estimate of drug-likeness (QED) is 0.518. The first-order valence-corrected chi connectivity index (χ1v) is 9.31. The third kappa shape index (κ3) is 4.18. The van der Waals surface area contributed by atoms with Crippen molar-refractivity contribution in [2.45, 2.75) is 52.5 Å². The summed E-state index contributed by atoms with van der Waals surface area (Å²) in [7, 11) is 0. The van der Waals surface area contributed by atoms with Crippen molar-refractivity contribution in [3.8, 4) is 0 Å². The van der Waals surface area contributed by atoms with Crippen LogP contribution in [-0.2, 0) is 9.59 Å². The maximum absolute atomic E-state index is 12.7. The van der Waals surface area contributed by atoms with Gasteiger partial charge in [0.1, 0.15) is 0 Å². The van der Waals surface area contributed by atoms with Crippen LogP contribution < -0.4 is 0 Å². The average molecular weight is 374 g/mol. The number of aliphatic hydroxyl groups is 1. The van der Waals surface area contributed by atoms with Gasteiger partial charge in [0.15, 0.2) is 11.5 Å². The Morgan fingerprint density at radius 1 is 1.33 bits per heavy atom. The fourth-order valence-electron chi connectivity index (χ4n) is 3.61. The molecule has 27 heavy (non-hydrogen) atoms. The lowest BCUT2D eigenvalue weighted by molar-refractivity contribution is -0.385. The third-order valence-corrected chi connectivity index (χ3v) is 5.11. The first kappa shape index (κ1) is 20.6. The third-order valence-electron chi connectivity index (χ3n) is 5.11. The SMILES string of the molecule is CCCC[C@H](CC)CN1C(=O)C(O)=C(C(C)=O)[C@H]1c1ccccc1[N+](=O)[O-]. The fourth-order valence-corrected chi connectivity index (χ4v) is 3.61. The molecule has 0 radical (unpaired) electrons. The predicted molar refractivity (Wildman–Crippen MR) is 101 cm³/mol. The molecule has 0 saturated carbocycles. The topological polar surface area (TPSA) is 101 Å². The van der Waals surface area contributed by atoms with E-state index in [4.69, 9.17) is 0 Å². The number of para-hydroxylation sites is 1. The number of hydrogen-bond acceptors (Lipinski definition) is 5. The summed E-state index contributed by atoms with van der Waals surface area (Å²) in [5, 5.41) is 21.8. The van der Waals surface area contributed by atoms with Gasteiger partial charge in [0.25, 0.3) is 11.6 Å². The van der Waals surface area contributed by atoms with E-state index in [1.807, 2.05) is 6.92 Å². The molecule has 1 N–H and O–H groups in total. The average Bonchev–Trinajstić information content (AvgIpc) is 2.89. The van der Waals surface area contributed by atoms with Gasteiger partial charge in [-0.1, -0.05) is 45.2 Å². The maximum Gasteiger partial charge on any atom is 0.290 e. The number of rotatable bonds is 9. The van der Waals surface area contributed by atoms with Gasteiger partial charge in [-0.15, -0.1) is 0 Å². The summed E-state index contributed by atoms with van der Waals surface area (Å²) in [6.45, 7) is 5.72. The van der Waals surface area contributed by atoms with Crippen LogP contribution in [-0.4, -0.2) is 33.2 Å². The largest absolute Gasteiger partial charge is 0.503 e. The Kier molecular flexibility index (Phi) is 6.71. The van der Waals surface area contributed by atoms with Crippen LogP contribution in [0.3, 0.4) is 0 Å². The second kappa shape index (κ2) is 8.79. The van der Waals surface area contributed by atoms with Gasteiger partial charge in [0, 0.05) is 12.6 Å². The minimum atomic E-state index is -0.938. The van der Waals surface area contributed by atoms with Gasteiger partial charge in [-0.25, -0.2) is 0 Å². The zero-order valence-corrected chi connectivity index (χ0v) is 16.0. The number of amides is 1. The summed E-state index contributed by atoms with van der Waals surface area (Å²) < 4.78 is 0. The smallest absolute Gasteiger partial charge is 0.290 e. The number of carbonyl (C=O) groups excluding carboxylic acids is 2. The van der Waals surface area contributed by atoms with Gasteiger partial charge in [0.05, 0.1) is 22.1 Å². The van der Waals surface area contributed by atoms with Crippen molar-refractivity contribution in [3.05, 3.63) is 51.3 Å². The van der Waals surface area contributed by atoms with Crippen molar-refractivity contribution < 1.29 is 19.6 Å². The fraction of sp³-hybridized carbons (Fsp3) is 0.500. The van der Waals surface area contributed by atoms with E-state index in [0.717, 1.165) is 25.7 Å². The van der Waals surface area contributed by atoms with Gasteiger partial charge < -0.3 is 10.0 Å². The monoisotopic (exact) mass is 374 g/mol. The molecule has 1 heterocycles. The van der Waals surface area contributed by atoms with Crippen molar-refractivity contribution in [1.82, 2.24) is 4.90 Å².